The summed E-state index contributed by atoms with van der Waals surface area (Å²) >= 11 is 5.96. The lowest BCUT2D eigenvalue weighted by Gasteiger charge is -2.12. The van der Waals surface area contributed by atoms with Crippen molar-refractivity contribution in [3.8, 4) is 0 Å². The van der Waals surface area contributed by atoms with Crippen LogP contribution in [0.2, 0.25) is 5.02 Å². The monoisotopic (exact) mass is 328 g/mol. The number of nitrogens with one attached hydrogen (secondary N) is 2. The van der Waals surface area contributed by atoms with E-state index in [0.29, 0.717) is 22.6 Å². The van der Waals surface area contributed by atoms with E-state index in [9.17, 15) is 8.42 Å². The molecule has 6 nitrogen and oxygen atoms in total. The molecule has 21 heavy (non-hydrogen) atoms. The third-order valence-electron chi connectivity index (χ3n) is 3.15. The average molecular weight is 329 g/mol. The van der Waals surface area contributed by atoms with Gasteiger partial charge < -0.3 is 10.7 Å². The third kappa shape index (κ3) is 3.82. The van der Waals surface area contributed by atoms with Crippen LogP contribution < -0.4 is 10.5 Å². The first-order valence-electron chi connectivity index (χ1n) is 6.41. The summed E-state index contributed by atoms with van der Waals surface area (Å²) in [5.41, 5.74) is 6.94. The number of nitrogens with zero attached hydrogens (tertiary/aromatic N) is 1. The first-order valence-corrected chi connectivity index (χ1v) is 8.27. The minimum absolute atomic E-state index is 0.162. The fraction of sp³-hybridized carbons (Fsp3) is 0.308. The number of H-pyrrole nitrogens is 1. The van der Waals surface area contributed by atoms with Crippen LogP contribution in [0.5, 0.6) is 0 Å². The van der Waals surface area contributed by atoms with Gasteiger partial charge >= 0.3 is 0 Å². The van der Waals surface area contributed by atoms with Crippen molar-refractivity contribution in [3.05, 3.63) is 46.5 Å². The zero-order valence-electron chi connectivity index (χ0n) is 11.6. The van der Waals surface area contributed by atoms with Crippen molar-refractivity contribution in [3.63, 3.8) is 0 Å². The van der Waals surface area contributed by atoms with E-state index in [1.807, 2.05) is 0 Å². The lowest BCUT2D eigenvalue weighted by molar-refractivity contribution is 0.580. The topological polar surface area (TPSA) is 101 Å². The molecule has 1 heterocycles. The Kier molecular flexibility index (Phi) is 5.00. The van der Waals surface area contributed by atoms with Crippen LogP contribution in [0.15, 0.2) is 29.4 Å². The Morgan fingerprint density at radius 3 is 2.81 bits per heavy atom. The number of hydrogen-bond donors (Lipinski definition) is 3. The molecule has 0 amide bonds. The Bertz CT molecular complexity index is 714. The Morgan fingerprint density at radius 1 is 1.43 bits per heavy atom. The number of halogens is 1. The lowest BCUT2D eigenvalue weighted by atomic mass is 10.1. The van der Waals surface area contributed by atoms with Gasteiger partial charge in [0.15, 0.2) is 0 Å². The summed E-state index contributed by atoms with van der Waals surface area (Å²) < 4.78 is 27.3. The molecule has 0 saturated carbocycles. The maximum atomic E-state index is 12.4. The van der Waals surface area contributed by atoms with Crippen LogP contribution in [-0.4, -0.2) is 24.9 Å². The van der Waals surface area contributed by atoms with Crippen molar-refractivity contribution in [1.82, 2.24) is 14.7 Å². The highest BCUT2D eigenvalue weighted by Crippen LogP contribution is 2.24. The van der Waals surface area contributed by atoms with Crippen molar-refractivity contribution >= 4 is 21.6 Å². The van der Waals surface area contributed by atoms with Crippen LogP contribution in [0.4, 0.5) is 0 Å². The van der Waals surface area contributed by atoms with Gasteiger partial charge in [0.05, 0.1) is 4.90 Å². The number of hydrogen-bond acceptors (Lipinski definition) is 4. The van der Waals surface area contributed by atoms with Crippen molar-refractivity contribution in [1.29, 1.82) is 0 Å². The highest BCUT2D eigenvalue weighted by atomic mass is 35.5. The van der Waals surface area contributed by atoms with E-state index in [1.165, 1.54) is 6.07 Å². The summed E-state index contributed by atoms with van der Waals surface area (Å²) in [7, 11) is -3.63. The molecule has 2 rings (SSSR count). The van der Waals surface area contributed by atoms with Gasteiger partial charge in [-0.05, 0) is 30.2 Å². The average Bonchev–Trinajstić information content (AvgIpc) is 2.93. The fourth-order valence-electron chi connectivity index (χ4n) is 2.02. The summed E-state index contributed by atoms with van der Waals surface area (Å²) in [5.74, 6) is 0.725. The SMILES string of the molecule is Cc1c(CN)cc(Cl)cc1S(=O)(=O)NCCc1ncc[nH]1. The van der Waals surface area contributed by atoms with Crippen LogP contribution in [0, 0.1) is 6.92 Å². The van der Waals surface area contributed by atoms with E-state index < -0.39 is 10.0 Å². The summed E-state index contributed by atoms with van der Waals surface area (Å²) in [6, 6.07) is 3.12. The van der Waals surface area contributed by atoms with Gasteiger partial charge in [0.1, 0.15) is 5.82 Å². The van der Waals surface area contributed by atoms with Crippen LogP contribution >= 0.6 is 11.6 Å². The summed E-state index contributed by atoms with van der Waals surface area (Å²) in [6.07, 6.45) is 3.80. The van der Waals surface area contributed by atoms with Crippen molar-refractivity contribution in [2.75, 3.05) is 6.54 Å². The Labute approximate surface area is 128 Å². The number of nitrogens with two attached hydrogens (primary N) is 1. The van der Waals surface area contributed by atoms with E-state index in [2.05, 4.69) is 14.7 Å². The number of imidazole rings is 1. The molecule has 0 radical (unpaired) electrons. The van der Waals surface area contributed by atoms with Crippen molar-refractivity contribution < 1.29 is 8.42 Å². The van der Waals surface area contributed by atoms with Gasteiger partial charge in [-0.15, -0.1) is 0 Å². The molecular weight excluding hydrogens is 312 g/mol. The van der Waals surface area contributed by atoms with Gasteiger partial charge in [0.25, 0.3) is 0 Å². The van der Waals surface area contributed by atoms with Crippen LogP contribution in [0.25, 0.3) is 0 Å². The lowest BCUT2D eigenvalue weighted by Crippen LogP contribution is -2.27. The highest BCUT2D eigenvalue weighted by molar-refractivity contribution is 7.89. The number of rotatable bonds is 6. The number of sulfonamides is 1. The predicted octanol–water partition coefficient (Wildman–Crippen LogP) is 1.35. The van der Waals surface area contributed by atoms with Gasteiger partial charge in [0.2, 0.25) is 10.0 Å². The molecule has 0 aliphatic rings. The normalized spacial score (nSPS) is 11.8. The minimum Gasteiger partial charge on any atom is -0.349 e. The summed E-state index contributed by atoms with van der Waals surface area (Å²) in [4.78, 5) is 7.12. The molecule has 8 heteroatoms. The molecule has 2 aromatic rings. The smallest absolute Gasteiger partial charge is 0.240 e. The van der Waals surface area contributed by atoms with Crippen LogP contribution in [-0.2, 0) is 23.0 Å². The first-order chi connectivity index (χ1) is 9.94. The van der Waals surface area contributed by atoms with Crippen LogP contribution in [0.1, 0.15) is 17.0 Å². The van der Waals surface area contributed by atoms with Crippen molar-refractivity contribution in [2.24, 2.45) is 5.73 Å². The zero-order chi connectivity index (χ0) is 15.5. The minimum atomic E-state index is -3.63. The molecular formula is C13H17ClN4O2S. The largest absolute Gasteiger partial charge is 0.349 e. The van der Waals surface area contributed by atoms with E-state index in [0.717, 1.165) is 5.82 Å². The molecule has 0 spiro atoms. The molecule has 0 aliphatic carbocycles. The standard InChI is InChI=1S/C13H17ClN4O2S/c1-9-10(8-15)6-11(14)7-12(9)21(19,20)18-3-2-13-16-4-5-17-13/h4-7,18H,2-3,8,15H2,1H3,(H,16,17). The number of benzene rings is 1. The molecule has 0 aliphatic heterocycles. The number of aromatic nitrogens is 2. The Hall–Kier alpha value is -1.41. The quantitative estimate of drug-likeness (QED) is 0.745. The van der Waals surface area contributed by atoms with Gasteiger partial charge in [-0.25, -0.2) is 18.1 Å². The number of aromatic amines is 1. The molecule has 4 N–H and O–H groups in total. The molecule has 1 aromatic carbocycles. The highest BCUT2D eigenvalue weighted by Gasteiger charge is 2.19. The Balaban J connectivity index is 2.17. The van der Waals surface area contributed by atoms with Crippen molar-refractivity contribution in [2.45, 2.75) is 24.8 Å². The fourth-order valence-corrected chi connectivity index (χ4v) is 3.66. The van der Waals surface area contributed by atoms with E-state index in [-0.39, 0.29) is 18.0 Å². The third-order valence-corrected chi connectivity index (χ3v) is 4.96. The summed E-state index contributed by atoms with van der Waals surface area (Å²) in [5, 5.41) is 0.354. The second-order valence-electron chi connectivity index (χ2n) is 4.58. The molecule has 0 unspecified atom stereocenters. The van der Waals surface area contributed by atoms with Crippen LogP contribution in [0.3, 0.4) is 0 Å². The Morgan fingerprint density at radius 2 is 2.19 bits per heavy atom. The molecule has 0 saturated heterocycles. The van der Waals surface area contributed by atoms with E-state index in [1.54, 1.807) is 25.4 Å². The molecule has 114 valence electrons. The van der Waals surface area contributed by atoms with E-state index in [4.69, 9.17) is 17.3 Å². The molecule has 1 aromatic heterocycles. The zero-order valence-corrected chi connectivity index (χ0v) is 13.1. The predicted molar refractivity (Wildman–Crippen MR) is 81.6 cm³/mol. The van der Waals surface area contributed by atoms with E-state index >= 15 is 0 Å². The summed E-state index contributed by atoms with van der Waals surface area (Å²) in [6.45, 7) is 2.21. The maximum Gasteiger partial charge on any atom is 0.240 e. The van der Waals surface area contributed by atoms with Gasteiger partial charge in [-0.1, -0.05) is 11.6 Å². The molecule has 0 atom stereocenters. The molecule has 0 fully saturated rings. The first kappa shape index (κ1) is 16.0. The maximum absolute atomic E-state index is 12.4. The van der Waals surface area contributed by atoms with Gasteiger partial charge in [-0.2, -0.15) is 0 Å². The molecule has 0 bridgehead atoms. The second-order valence-corrected chi connectivity index (χ2v) is 6.75. The van der Waals surface area contributed by atoms with Gasteiger partial charge in [-0.3, -0.25) is 0 Å². The second kappa shape index (κ2) is 6.57. The van der Waals surface area contributed by atoms with Gasteiger partial charge in [0, 0.05) is 36.9 Å².